The van der Waals surface area contributed by atoms with E-state index in [1.54, 1.807) is 6.92 Å². The molecule has 0 aliphatic heterocycles. The Morgan fingerprint density at radius 3 is 2.60 bits per heavy atom. The summed E-state index contributed by atoms with van der Waals surface area (Å²) in [6, 6.07) is 2.95. The molecule has 0 amide bonds. The number of halogens is 3. The molecule has 0 aliphatic carbocycles. The largest absolute Gasteiger partial charge is 0.329 e. The van der Waals surface area contributed by atoms with E-state index in [2.05, 4.69) is 4.98 Å². The van der Waals surface area contributed by atoms with Gasteiger partial charge in [-0.25, -0.2) is 13.6 Å². The van der Waals surface area contributed by atoms with E-state index in [4.69, 9.17) is 11.6 Å². The lowest BCUT2D eigenvalue weighted by Crippen LogP contribution is -2.37. The van der Waals surface area contributed by atoms with Gasteiger partial charge in [0.25, 0.3) is 5.56 Å². The van der Waals surface area contributed by atoms with Gasteiger partial charge in [0.05, 0.1) is 12.1 Å². The lowest BCUT2D eigenvalue weighted by atomic mass is 10.2. The van der Waals surface area contributed by atoms with Gasteiger partial charge in [-0.15, -0.1) is 0 Å². The molecule has 1 heterocycles. The third-order valence-corrected chi connectivity index (χ3v) is 3.25. The van der Waals surface area contributed by atoms with Crippen LogP contribution in [0.15, 0.2) is 27.8 Å². The van der Waals surface area contributed by atoms with Crippen LogP contribution in [0.1, 0.15) is 18.1 Å². The Labute approximate surface area is 117 Å². The highest BCUT2D eigenvalue weighted by molar-refractivity contribution is 6.30. The maximum absolute atomic E-state index is 13.6. The van der Waals surface area contributed by atoms with Gasteiger partial charge >= 0.3 is 5.69 Å². The molecule has 2 rings (SSSR count). The molecule has 0 fully saturated rings. The average molecular weight is 301 g/mol. The van der Waals surface area contributed by atoms with Crippen LogP contribution in [0.2, 0.25) is 5.15 Å². The summed E-state index contributed by atoms with van der Waals surface area (Å²) in [6.45, 7) is 1.42. The first-order chi connectivity index (χ1) is 9.43. The van der Waals surface area contributed by atoms with Crippen LogP contribution >= 0.6 is 11.6 Å². The van der Waals surface area contributed by atoms with Gasteiger partial charge in [0.15, 0.2) is 0 Å². The minimum absolute atomic E-state index is 0.0154. The lowest BCUT2D eigenvalue weighted by Gasteiger charge is -2.08. The maximum atomic E-state index is 13.6. The van der Waals surface area contributed by atoms with E-state index in [0.717, 1.165) is 10.6 Å². The fourth-order valence-electron chi connectivity index (χ4n) is 1.86. The third kappa shape index (κ3) is 2.65. The predicted octanol–water partition coefficient (Wildman–Crippen LogP) is 2.08. The molecule has 1 N–H and O–H groups in total. The van der Waals surface area contributed by atoms with E-state index in [-0.39, 0.29) is 22.8 Å². The summed E-state index contributed by atoms with van der Waals surface area (Å²) in [6.07, 6.45) is 0.334. The Hall–Kier alpha value is -1.95. The number of nitrogens with one attached hydrogen (secondary N) is 1. The number of hydrogen-bond donors (Lipinski definition) is 1. The molecule has 0 atom stereocenters. The number of rotatable bonds is 3. The molecule has 7 heteroatoms. The van der Waals surface area contributed by atoms with Gasteiger partial charge in [0, 0.05) is 11.6 Å². The Morgan fingerprint density at radius 1 is 1.30 bits per heavy atom. The monoisotopic (exact) mass is 300 g/mol. The highest BCUT2D eigenvalue weighted by Gasteiger charge is 2.13. The maximum Gasteiger partial charge on any atom is 0.329 e. The zero-order valence-corrected chi connectivity index (χ0v) is 11.3. The summed E-state index contributed by atoms with van der Waals surface area (Å²) in [5.41, 5.74) is -1.02. The van der Waals surface area contributed by atoms with Crippen LogP contribution < -0.4 is 11.2 Å². The molecular formula is C13H11ClF2N2O2. The Morgan fingerprint density at radius 2 is 2.00 bits per heavy atom. The second-order valence-electron chi connectivity index (χ2n) is 4.20. The number of aromatic nitrogens is 2. The minimum Gasteiger partial charge on any atom is -0.297 e. The molecular weight excluding hydrogens is 290 g/mol. The van der Waals surface area contributed by atoms with Gasteiger partial charge in [0.1, 0.15) is 16.8 Å². The van der Waals surface area contributed by atoms with Crippen LogP contribution in [0, 0.1) is 11.6 Å². The van der Waals surface area contributed by atoms with Crippen molar-refractivity contribution < 1.29 is 8.78 Å². The average Bonchev–Trinajstić information content (AvgIpc) is 2.37. The molecule has 0 saturated carbocycles. The molecule has 106 valence electrons. The molecule has 4 nitrogen and oxygen atoms in total. The van der Waals surface area contributed by atoms with Crippen molar-refractivity contribution in [1.29, 1.82) is 0 Å². The van der Waals surface area contributed by atoms with Gasteiger partial charge in [-0.05, 0) is 12.5 Å². The van der Waals surface area contributed by atoms with E-state index < -0.39 is 22.9 Å². The highest BCUT2D eigenvalue weighted by atomic mass is 35.5. The van der Waals surface area contributed by atoms with Gasteiger partial charge < -0.3 is 0 Å². The summed E-state index contributed by atoms with van der Waals surface area (Å²) < 4.78 is 27.2. The van der Waals surface area contributed by atoms with Gasteiger partial charge in [-0.2, -0.15) is 0 Å². The molecule has 20 heavy (non-hydrogen) atoms. The van der Waals surface area contributed by atoms with Gasteiger partial charge in [0.2, 0.25) is 0 Å². The minimum atomic E-state index is -0.815. The second kappa shape index (κ2) is 5.58. The smallest absolute Gasteiger partial charge is 0.297 e. The van der Waals surface area contributed by atoms with Crippen molar-refractivity contribution in [1.82, 2.24) is 9.55 Å². The molecule has 1 aromatic carbocycles. The van der Waals surface area contributed by atoms with Gasteiger partial charge in [-0.3, -0.25) is 14.3 Å². The molecule has 1 aromatic heterocycles. The fraction of sp³-hybridized carbons (Fsp3) is 0.231. The van der Waals surface area contributed by atoms with Crippen molar-refractivity contribution in [2.45, 2.75) is 19.9 Å². The Balaban J connectivity index is 2.54. The quantitative estimate of drug-likeness (QED) is 0.882. The number of benzene rings is 1. The Kier molecular flexibility index (Phi) is 4.04. The number of aromatic amines is 1. The van der Waals surface area contributed by atoms with E-state index in [1.807, 2.05) is 0 Å². The molecule has 0 aliphatic rings. The molecule has 0 unspecified atom stereocenters. The number of H-pyrrole nitrogens is 1. The van der Waals surface area contributed by atoms with Crippen LogP contribution in [-0.4, -0.2) is 9.55 Å². The van der Waals surface area contributed by atoms with Crippen molar-refractivity contribution in [3.05, 3.63) is 67.0 Å². The van der Waals surface area contributed by atoms with Gasteiger partial charge in [-0.1, -0.05) is 24.6 Å². The van der Waals surface area contributed by atoms with Crippen molar-refractivity contribution in [2.24, 2.45) is 0 Å². The molecule has 0 spiro atoms. The topological polar surface area (TPSA) is 54.9 Å². The third-order valence-electron chi connectivity index (χ3n) is 2.93. The zero-order chi connectivity index (χ0) is 14.9. The van der Waals surface area contributed by atoms with Crippen molar-refractivity contribution in [2.75, 3.05) is 0 Å². The van der Waals surface area contributed by atoms with E-state index in [1.165, 1.54) is 6.07 Å². The normalized spacial score (nSPS) is 10.8. The van der Waals surface area contributed by atoms with Crippen LogP contribution in [0.5, 0.6) is 0 Å². The SMILES string of the molecule is CCc1c(Cl)[nH]c(=O)n(Cc2ccc(F)cc2F)c1=O. The molecule has 0 saturated heterocycles. The van der Waals surface area contributed by atoms with Crippen LogP contribution in [0.4, 0.5) is 8.78 Å². The number of hydrogen-bond acceptors (Lipinski definition) is 2. The second-order valence-corrected chi connectivity index (χ2v) is 4.58. The van der Waals surface area contributed by atoms with E-state index in [0.29, 0.717) is 12.5 Å². The zero-order valence-electron chi connectivity index (χ0n) is 10.5. The molecule has 2 aromatic rings. The fourth-order valence-corrected chi connectivity index (χ4v) is 2.15. The summed E-state index contributed by atoms with van der Waals surface area (Å²) in [5.74, 6) is -1.54. The Bertz CT molecular complexity index is 768. The summed E-state index contributed by atoms with van der Waals surface area (Å²) in [4.78, 5) is 26.2. The van der Waals surface area contributed by atoms with Crippen molar-refractivity contribution >= 4 is 11.6 Å². The van der Waals surface area contributed by atoms with Crippen LogP contribution in [0.25, 0.3) is 0 Å². The van der Waals surface area contributed by atoms with Crippen LogP contribution in [0.3, 0.4) is 0 Å². The first-order valence-electron chi connectivity index (χ1n) is 5.89. The number of nitrogens with zero attached hydrogens (tertiary/aromatic N) is 1. The van der Waals surface area contributed by atoms with Crippen molar-refractivity contribution in [3.63, 3.8) is 0 Å². The molecule has 0 radical (unpaired) electrons. The standard InChI is InChI=1S/C13H11ClF2N2O2/c1-2-9-11(14)17-13(20)18(12(9)19)6-7-3-4-8(15)5-10(7)16/h3-5H,2,6H2,1H3,(H,17,20). The predicted molar refractivity (Wildman–Crippen MR) is 71.2 cm³/mol. The van der Waals surface area contributed by atoms with Crippen molar-refractivity contribution in [3.8, 4) is 0 Å². The first kappa shape index (κ1) is 14.5. The van der Waals surface area contributed by atoms with E-state index >= 15 is 0 Å². The summed E-state index contributed by atoms with van der Waals surface area (Å²) >= 11 is 5.77. The van der Waals surface area contributed by atoms with Crippen LogP contribution in [-0.2, 0) is 13.0 Å². The summed E-state index contributed by atoms with van der Waals surface area (Å²) in [5, 5.41) is -0.0154. The molecule has 0 bridgehead atoms. The van der Waals surface area contributed by atoms with E-state index in [9.17, 15) is 18.4 Å². The first-order valence-corrected chi connectivity index (χ1v) is 6.27. The summed E-state index contributed by atoms with van der Waals surface area (Å²) in [7, 11) is 0. The lowest BCUT2D eigenvalue weighted by molar-refractivity contribution is 0.560. The highest BCUT2D eigenvalue weighted by Crippen LogP contribution is 2.11.